The average Bonchev–Trinajstić information content (AvgIpc) is 3.04. The van der Waals surface area contributed by atoms with Gasteiger partial charge in [0, 0.05) is 19.5 Å². The third kappa shape index (κ3) is 2.94. The standard InChI is InChI=1S/C17H21NO3/c19-15(9-17(10-16(20)21)7-3-4-8-17)18-11-13-5-1-2-6-14(13)12-18/h1-2,5-6H,3-4,7-12H2,(H,20,21). The molecule has 4 nitrogen and oxygen atoms in total. The molecule has 1 amide bonds. The van der Waals surface area contributed by atoms with Crippen LogP contribution in [0.4, 0.5) is 0 Å². The van der Waals surface area contributed by atoms with Crippen LogP contribution in [0.2, 0.25) is 0 Å². The maximum Gasteiger partial charge on any atom is 0.303 e. The Bertz CT molecular complexity index is 536. The van der Waals surface area contributed by atoms with Crippen LogP contribution in [0.25, 0.3) is 0 Å². The van der Waals surface area contributed by atoms with Crippen molar-refractivity contribution in [1.82, 2.24) is 4.90 Å². The molecule has 0 bridgehead atoms. The van der Waals surface area contributed by atoms with Gasteiger partial charge < -0.3 is 10.0 Å². The van der Waals surface area contributed by atoms with Gasteiger partial charge in [-0.05, 0) is 29.4 Å². The van der Waals surface area contributed by atoms with Gasteiger partial charge in [-0.25, -0.2) is 0 Å². The first-order valence-electron chi connectivity index (χ1n) is 7.64. The number of rotatable bonds is 4. The predicted octanol–water partition coefficient (Wildman–Crippen LogP) is 2.95. The first-order valence-corrected chi connectivity index (χ1v) is 7.64. The highest BCUT2D eigenvalue weighted by Gasteiger charge is 2.39. The van der Waals surface area contributed by atoms with Gasteiger partial charge in [0.05, 0.1) is 6.42 Å². The molecule has 0 saturated heterocycles. The van der Waals surface area contributed by atoms with Crippen LogP contribution in [0, 0.1) is 5.41 Å². The van der Waals surface area contributed by atoms with Crippen LogP contribution in [0.3, 0.4) is 0 Å². The van der Waals surface area contributed by atoms with Gasteiger partial charge in [0.2, 0.25) is 5.91 Å². The smallest absolute Gasteiger partial charge is 0.303 e. The van der Waals surface area contributed by atoms with Gasteiger partial charge >= 0.3 is 5.97 Å². The number of amides is 1. The highest BCUT2D eigenvalue weighted by atomic mass is 16.4. The van der Waals surface area contributed by atoms with Crippen LogP contribution >= 0.6 is 0 Å². The average molecular weight is 287 g/mol. The normalized spacial score (nSPS) is 19.5. The van der Waals surface area contributed by atoms with Crippen LogP contribution in [0.5, 0.6) is 0 Å². The lowest BCUT2D eigenvalue weighted by Gasteiger charge is -2.28. The van der Waals surface area contributed by atoms with Crippen molar-refractivity contribution in [2.75, 3.05) is 0 Å². The summed E-state index contributed by atoms with van der Waals surface area (Å²) in [4.78, 5) is 25.6. The molecule has 0 unspecified atom stereocenters. The van der Waals surface area contributed by atoms with Crippen molar-refractivity contribution >= 4 is 11.9 Å². The number of aliphatic carboxylic acids is 1. The highest BCUT2D eigenvalue weighted by Crippen LogP contribution is 2.44. The molecular weight excluding hydrogens is 266 g/mol. The fraction of sp³-hybridized carbons (Fsp3) is 0.529. The molecule has 0 atom stereocenters. The minimum absolute atomic E-state index is 0.106. The third-order valence-electron chi connectivity index (χ3n) is 4.91. The fourth-order valence-electron chi connectivity index (χ4n) is 3.80. The van der Waals surface area contributed by atoms with Gasteiger partial charge in [0.15, 0.2) is 0 Å². The SMILES string of the molecule is O=C(O)CC1(CC(=O)N2Cc3ccccc3C2)CCCC1. The van der Waals surface area contributed by atoms with Crippen molar-refractivity contribution in [2.45, 2.75) is 51.6 Å². The van der Waals surface area contributed by atoms with Crippen molar-refractivity contribution in [2.24, 2.45) is 5.41 Å². The number of carboxylic acids is 1. The molecule has 1 N–H and O–H groups in total. The zero-order valence-electron chi connectivity index (χ0n) is 12.2. The Kier molecular flexibility index (Phi) is 3.70. The van der Waals surface area contributed by atoms with Gasteiger partial charge in [-0.1, -0.05) is 37.1 Å². The van der Waals surface area contributed by atoms with Gasteiger partial charge in [-0.2, -0.15) is 0 Å². The topological polar surface area (TPSA) is 57.6 Å². The fourth-order valence-corrected chi connectivity index (χ4v) is 3.80. The van der Waals surface area contributed by atoms with Crippen molar-refractivity contribution in [3.8, 4) is 0 Å². The number of nitrogens with zero attached hydrogens (tertiary/aromatic N) is 1. The maximum absolute atomic E-state index is 12.6. The van der Waals surface area contributed by atoms with E-state index in [0.29, 0.717) is 19.5 Å². The van der Waals surface area contributed by atoms with Crippen molar-refractivity contribution in [1.29, 1.82) is 0 Å². The van der Waals surface area contributed by atoms with E-state index >= 15 is 0 Å². The Morgan fingerprint density at radius 2 is 1.62 bits per heavy atom. The van der Waals surface area contributed by atoms with Crippen LogP contribution < -0.4 is 0 Å². The van der Waals surface area contributed by atoms with Gasteiger partial charge in [0.25, 0.3) is 0 Å². The zero-order valence-corrected chi connectivity index (χ0v) is 12.2. The Balaban J connectivity index is 1.68. The first-order chi connectivity index (χ1) is 10.1. The first kappa shape index (κ1) is 14.1. The van der Waals surface area contributed by atoms with E-state index < -0.39 is 5.97 Å². The lowest BCUT2D eigenvalue weighted by molar-refractivity contribution is -0.141. The van der Waals surface area contributed by atoms with E-state index in [0.717, 1.165) is 25.7 Å². The van der Waals surface area contributed by atoms with E-state index in [4.69, 9.17) is 5.11 Å². The van der Waals surface area contributed by atoms with E-state index in [9.17, 15) is 9.59 Å². The number of carbonyl (C=O) groups excluding carboxylic acids is 1. The number of fused-ring (bicyclic) bond motifs is 1. The maximum atomic E-state index is 12.6. The summed E-state index contributed by atoms with van der Waals surface area (Å²) < 4.78 is 0. The van der Waals surface area contributed by atoms with Gasteiger partial charge in [0.1, 0.15) is 0 Å². The zero-order chi connectivity index (χ0) is 14.9. The predicted molar refractivity (Wildman–Crippen MR) is 78.5 cm³/mol. The van der Waals surface area contributed by atoms with Crippen molar-refractivity contribution < 1.29 is 14.7 Å². The number of carbonyl (C=O) groups is 2. The Hall–Kier alpha value is -1.84. The molecule has 112 valence electrons. The minimum Gasteiger partial charge on any atom is -0.481 e. The summed E-state index contributed by atoms with van der Waals surface area (Å²) in [6.07, 6.45) is 4.33. The monoisotopic (exact) mass is 287 g/mol. The summed E-state index contributed by atoms with van der Waals surface area (Å²) >= 11 is 0. The van der Waals surface area contributed by atoms with Gasteiger partial charge in [-0.15, -0.1) is 0 Å². The molecular formula is C17H21NO3. The summed E-state index contributed by atoms with van der Waals surface area (Å²) in [5.41, 5.74) is 2.12. The Morgan fingerprint density at radius 1 is 1.05 bits per heavy atom. The molecule has 1 aliphatic carbocycles. The lowest BCUT2D eigenvalue weighted by atomic mass is 9.79. The van der Waals surface area contributed by atoms with E-state index in [1.165, 1.54) is 11.1 Å². The summed E-state index contributed by atoms with van der Waals surface area (Å²) in [7, 11) is 0. The molecule has 4 heteroatoms. The number of hydrogen-bond acceptors (Lipinski definition) is 2. The molecule has 1 aromatic rings. The Labute approximate surface area is 124 Å². The van der Waals surface area contributed by atoms with E-state index in [1.807, 2.05) is 17.0 Å². The minimum atomic E-state index is -0.783. The molecule has 1 fully saturated rings. The second-order valence-electron chi connectivity index (χ2n) is 6.47. The summed E-state index contributed by atoms with van der Waals surface area (Å²) in [6.45, 7) is 1.33. The summed E-state index contributed by atoms with van der Waals surface area (Å²) in [5, 5.41) is 9.13. The molecule has 1 saturated carbocycles. The molecule has 1 aliphatic heterocycles. The largest absolute Gasteiger partial charge is 0.481 e. The second kappa shape index (κ2) is 5.51. The van der Waals surface area contributed by atoms with Crippen LogP contribution in [-0.2, 0) is 22.7 Å². The molecule has 0 spiro atoms. The quantitative estimate of drug-likeness (QED) is 0.926. The van der Waals surface area contributed by atoms with Crippen LogP contribution in [0.1, 0.15) is 49.7 Å². The van der Waals surface area contributed by atoms with E-state index in [1.54, 1.807) is 0 Å². The third-order valence-corrected chi connectivity index (χ3v) is 4.91. The second-order valence-corrected chi connectivity index (χ2v) is 6.47. The summed E-state index contributed by atoms with van der Waals surface area (Å²) in [5.74, 6) is -0.677. The lowest BCUT2D eigenvalue weighted by Crippen LogP contribution is -2.32. The number of carboxylic acid groups (broad SMARTS) is 1. The molecule has 0 radical (unpaired) electrons. The number of hydrogen-bond donors (Lipinski definition) is 1. The molecule has 1 heterocycles. The molecule has 3 rings (SSSR count). The molecule has 1 aromatic carbocycles. The number of benzene rings is 1. The van der Waals surface area contributed by atoms with E-state index in [-0.39, 0.29) is 17.7 Å². The highest BCUT2D eigenvalue weighted by molar-refractivity contribution is 5.79. The van der Waals surface area contributed by atoms with E-state index in [2.05, 4.69) is 12.1 Å². The Morgan fingerprint density at radius 3 is 2.14 bits per heavy atom. The van der Waals surface area contributed by atoms with Gasteiger partial charge in [-0.3, -0.25) is 9.59 Å². The molecule has 21 heavy (non-hydrogen) atoms. The van der Waals surface area contributed by atoms with Crippen molar-refractivity contribution in [3.63, 3.8) is 0 Å². The van der Waals surface area contributed by atoms with Crippen LogP contribution in [0.15, 0.2) is 24.3 Å². The molecule has 2 aliphatic rings. The molecule has 0 aromatic heterocycles. The van der Waals surface area contributed by atoms with Crippen molar-refractivity contribution in [3.05, 3.63) is 35.4 Å². The van der Waals surface area contributed by atoms with Crippen LogP contribution in [-0.4, -0.2) is 21.9 Å². The summed E-state index contributed by atoms with van der Waals surface area (Å²) in [6, 6.07) is 8.11.